The predicted molar refractivity (Wildman–Crippen MR) is 93.4 cm³/mol. The highest BCUT2D eigenvalue weighted by atomic mass is 32.2. The molecule has 0 spiro atoms. The highest BCUT2D eigenvalue weighted by Crippen LogP contribution is 2.21. The van der Waals surface area contributed by atoms with Gasteiger partial charge >= 0.3 is 5.97 Å². The highest BCUT2D eigenvalue weighted by molar-refractivity contribution is 7.89. The van der Waals surface area contributed by atoms with E-state index in [0.29, 0.717) is 5.82 Å². The number of carboxylic acid groups (broad SMARTS) is 1. The smallest absolute Gasteiger partial charge is 0.326 e. The Bertz CT molecular complexity index is 646. The Kier molecular flexibility index (Phi) is 6.74. The Morgan fingerprint density at radius 1 is 1.12 bits per heavy atom. The van der Waals surface area contributed by atoms with Gasteiger partial charge in [0.25, 0.3) is 0 Å². The number of nitrogens with zero attached hydrogens (tertiary/aromatic N) is 2. The summed E-state index contributed by atoms with van der Waals surface area (Å²) in [4.78, 5) is 15.4. The van der Waals surface area contributed by atoms with Crippen molar-refractivity contribution in [3.8, 4) is 0 Å². The van der Waals surface area contributed by atoms with E-state index in [1.54, 1.807) is 13.8 Å². The topological polar surface area (TPSA) is 99.6 Å². The van der Waals surface area contributed by atoms with Crippen molar-refractivity contribution in [2.75, 3.05) is 5.32 Å². The van der Waals surface area contributed by atoms with Gasteiger partial charge in [-0.3, -0.25) is 0 Å². The minimum Gasteiger partial charge on any atom is -0.480 e. The third-order valence-electron chi connectivity index (χ3n) is 3.57. The van der Waals surface area contributed by atoms with Crippen LogP contribution in [-0.4, -0.2) is 46.9 Å². The second-order valence-electron chi connectivity index (χ2n) is 6.61. The first-order valence-corrected chi connectivity index (χ1v) is 9.41. The summed E-state index contributed by atoms with van der Waals surface area (Å²) in [7, 11) is -3.65. The molecular formula is C16H27N3O4S. The molecule has 1 heterocycles. The molecule has 1 aromatic rings. The molecule has 0 aliphatic carbocycles. The van der Waals surface area contributed by atoms with E-state index >= 15 is 0 Å². The summed E-state index contributed by atoms with van der Waals surface area (Å²) in [6.07, 6.45) is 1.26. The fourth-order valence-corrected chi connectivity index (χ4v) is 4.34. The average Bonchev–Trinajstić information content (AvgIpc) is 2.43. The molecule has 24 heavy (non-hydrogen) atoms. The molecule has 0 radical (unpaired) electrons. The molecule has 136 valence electrons. The van der Waals surface area contributed by atoms with Crippen molar-refractivity contribution in [1.29, 1.82) is 0 Å². The molecule has 7 nitrogen and oxygen atoms in total. The normalized spacial score (nSPS) is 13.8. The molecule has 2 N–H and O–H groups in total. The molecule has 0 aliphatic rings. The van der Waals surface area contributed by atoms with Crippen molar-refractivity contribution >= 4 is 21.8 Å². The van der Waals surface area contributed by atoms with Crippen molar-refractivity contribution in [2.45, 2.75) is 64.6 Å². The number of hydrogen-bond donors (Lipinski definition) is 2. The maximum atomic E-state index is 12.7. The maximum absolute atomic E-state index is 12.7. The molecule has 0 aliphatic heterocycles. The van der Waals surface area contributed by atoms with E-state index < -0.39 is 22.0 Å². The Morgan fingerprint density at radius 3 is 2.00 bits per heavy atom. The van der Waals surface area contributed by atoms with Crippen molar-refractivity contribution in [3.05, 3.63) is 18.3 Å². The van der Waals surface area contributed by atoms with Crippen LogP contribution in [0.5, 0.6) is 0 Å². The van der Waals surface area contributed by atoms with Gasteiger partial charge in [0.15, 0.2) is 0 Å². The van der Waals surface area contributed by atoms with E-state index in [0.717, 1.165) is 0 Å². The fourth-order valence-electron chi connectivity index (χ4n) is 2.56. The highest BCUT2D eigenvalue weighted by Gasteiger charge is 2.30. The van der Waals surface area contributed by atoms with Crippen molar-refractivity contribution in [2.24, 2.45) is 5.92 Å². The number of sulfonamides is 1. The second kappa shape index (κ2) is 7.94. The van der Waals surface area contributed by atoms with Crippen LogP contribution in [0.3, 0.4) is 0 Å². The molecule has 0 aromatic carbocycles. The minimum absolute atomic E-state index is 0.0897. The minimum atomic E-state index is -3.65. The third-order valence-corrected chi connectivity index (χ3v) is 5.80. The number of anilines is 1. The van der Waals surface area contributed by atoms with Crippen LogP contribution in [0.2, 0.25) is 0 Å². The molecule has 0 amide bonds. The standard InChI is InChI=1S/C16H27N3O4S/c1-10(2)15(16(20)21)18-14-8-7-13(9-17-14)24(22,23)19(11(3)4)12(5)6/h7-12,15H,1-6H3,(H,17,18)(H,20,21)/t15-/m0/s1. The van der Waals surface area contributed by atoms with Crippen molar-refractivity contribution in [3.63, 3.8) is 0 Å². The zero-order valence-corrected chi connectivity index (χ0v) is 15.8. The molecule has 0 unspecified atom stereocenters. The predicted octanol–water partition coefficient (Wildman–Crippen LogP) is 2.41. The first-order chi connectivity index (χ1) is 11.0. The maximum Gasteiger partial charge on any atom is 0.326 e. The van der Waals surface area contributed by atoms with Gasteiger partial charge in [-0.1, -0.05) is 13.8 Å². The second-order valence-corrected chi connectivity index (χ2v) is 8.45. The zero-order valence-electron chi connectivity index (χ0n) is 15.0. The van der Waals surface area contributed by atoms with Crippen LogP contribution < -0.4 is 5.32 Å². The summed E-state index contributed by atoms with van der Waals surface area (Å²) < 4.78 is 26.9. The lowest BCUT2D eigenvalue weighted by Crippen LogP contribution is -2.42. The van der Waals surface area contributed by atoms with Crippen LogP contribution in [-0.2, 0) is 14.8 Å². The van der Waals surface area contributed by atoms with Gasteiger partial charge in [0.2, 0.25) is 10.0 Å². The number of rotatable bonds is 8. The SMILES string of the molecule is CC(C)[C@H](Nc1ccc(S(=O)(=O)N(C(C)C)C(C)C)cn1)C(=O)O. The number of carbonyl (C=O) groups is 1. The molecular weight excluding hydrogens is 330 g/mol. The van der Waals surface area contributed by atoms with Gasteiger partial charge in [0.05, 0.1) is 0 Å². The first kappa shape index (κ1) is 20.4. The lowest BCUT2D eigenvalue weighted by atomic mass is 10.1. The quantitative estimate of drug-likeness (QED) is 0.741. The lowest BCUT2D eigenvalue weighted by Gasteiger charge is -2.29. The van der Waals surface area contributed by atoms with E-state index in [4.69, 9.17) is 0 Å². The zero-order chi connectivity index (χ0) is 18.7. The summed E-state index contributed by atoms with van der Waals surface area (Å²) in [5.74, 6) is -0.782. The van der Waals surface area contributed by atoms with E-state index in [-0.39, 0.29) is 22.9 Å². The van der Waals surface area contributed by atoms with Crippen LogP contribution in [0.15, 0.2) is 23.2 Å². The monoisotopic (exact) mass is 357 g/mol. The van der Waals surface area contributed by atoms with E-state index in [9.17, 15) is 18.3 Å². The van der Waals surface area contributed by atoms with Gasteiger partial charge in [-0.05, 0) is 45.7 Å². The Hall–Kier alpha value is -1.67. The number of nitrogens with one attached hydrogen (secondary N) is 1. The largest absolute Gasteiger partial charge is 0.480 e. The van der Waals surface area contributed by atoms with E-state index in [1.807, 2.05) is 27.7 Å². The van der Waals surface area contributed by atoms with Gasteiger partial charge in [-0.25, -0.2) is 18.2 Å². The Labute approximate surface area is 144 Å². The van der Waals surface area contributed by atoms with Crippen LogP contribution in [0, 0.1) is 5.92 Å². The molecule has 1 aromatic heterocycles. The van der Waals surface area contributed by atoms with E-state index in [1.165, 1.54) is 22.6 Å². The van der Waals surface area contributed by atoms with Crippen molar-refractivity contribution in [1.82, 2.24) is 9.29 Å². The number of pyridine rings is 1. The first-order valence-electron chi connectivity index (χ1n) is 7.97. The van der Waals surface area contributed by atoms with Gasteiger partial charge in [0.1, 0.15) is 16.8 Å². The van der Waals surface area contributed by atoms with E-state index in [2.05, 4.69) is 10.3 Å². The number of carboxylic acids is 1. The van der Waals surface area contributed by atoms with Crippen LogP contribution in [0.25, 0.3) is 0 Å². The molecule has 0 saturated carbocycles. The Balaban J connectivity index is 3.08. The summed E-state index contributed by atoms with van der Waals surface area (Å²) >= 11 is 0. The third kappa shape index (κ3) is 4.67. The Morgan fingerprint density at radius 2 is 1.67 bits per heavy atom. The van der Waals surface area contributed by atoms with Crippen LogP contribution >= 0.6 is 0 Å². The average molecular weight is 357 g/mol. The molecule has 0 saturated heterocycles. The molecule has 1 rings (SSSR count). The van der Waals surface area contributed by atoms with Gasteiger partial charge in [-0.2, -0.15) is 4.31 Å². The molecule has 1 atom stereocenters. The van der Waals surface area contributed by atoms with Gasteiger partial charge in [0, 0.05) is 18.3 Å². The van der Waals surface area contributed by atoms with Gasteiger partial charge < -0.3 is 10.4 Å². The molecule has 8 heteroatoms. The fraction of sp³-hybridized carbons (Fsp3) is 0.625. The summed E-state index contributed by atoms with van der Waals surface area (Å²) in [6.45, 7) is 10.9. The van der Waals surface area contributed by atoms with Crippen LogP contribution in [0.1, 0.15) is 41.5 Å². The summed E-state index contributed by atoms with van der Waals surface area (Å²) in [5.41, 5.74) is 0. The van der Waals surface area contributed by atoms with Crippen molar-refractivity contribution < 1.29 is 18.3 Å². The number of aliphatic carboxylic acids is 1. The number of hydrogen-bond acceptors (Lipinski definition) is 5. The lowest BCUT2D eigenvalue weighted by molar-refractivity contribution is -0.138. The van der Waals surface area contributed by atoms with Crippen LogP contribution in [0.4, 0.5) is 5.82 Å². The number of aromatic nitrogens is 1. The summed E-state index contributed by atoms with van der Waals surface area (Å²) in [6, 6.07) is 1.80. The molecule has 0 bridgehead atoms. The molecule has 0 fully saturated rings. The summed E-state index contributed by atoms with van der Waals surface area (Å²) in [5, 5.41) is 12.0. The van der Waals surface area contributed by atoms with Gasteiger partial charge in [-0.15, -0.1) is 0 Å².